The molecule has 1 aromatic rings. The number of hydrogen-bond donors (Lipinski definition) is 2. The molecule has 0 saturated carbocycles. The Labute approximate surface area is 143 Å². The Hall–Kier alpha value is -1.31. The number of nitrogens with one attached hydrogen (secondary N) is 1. The summed E-state index contributed by atoms with van der Waals surface area (Å²) < 4.78 is 13.5. The number of anilines is 1. The van der Waals surface area contributed by atoms with Crippen molar-refractivity contribution in [2.24, 2.45) is 5.73 Å². The van der Waals surface area contributed by atoms with E-state index in [4.69, 9.17) is 17.3 Å². The summed E-state index contributed by atoms with van der Waals surface area (Å²) >= 11 is 7.26. The molecular weight excluding hydrogens is 341 g/mol. The van der Waals surface area contributed by atoms with Gasteiger partial charge in [-0.2, -0.15) is 11.8 Å². The molecule has 0 aliphatic carbocycles. The number of benzene rings is 1. The van der Waals surface area contributed by atoms with Crippen LogP contribution in [0.5, 0.6) is 0 Å². The zero-order valence-corrected chi connectivity index (χ0v) is 14.3. The highest BCUT2D eigenvalue weighted by molar-refractivity contribution is 7.98. The lowest BCUT2D eigenvalue weighted by Crippen LogP contribution is -2.48. The molecule has 23 heavy (non-hydrogen) atoms. The topological polar surface area (TPSA) is 75.4 Å². The zero-order chi connectivity index (χ0) is 17.0. The van der Waals surface area contributed by atoms with Crippen LogP contribution in [0.4, 0.5) is 10.1 Å². The SMILES string of the molecule is CSCCC(N)C(=O)NC1CCN(c2ccc(Cl)c(F)c2)C1=O. The summed E-state index contributed by atoms with van der Waals surface area (Å²) in [6.07, 6.45) is 2.96. The Kier molecular flexibility index (Phi) is 6.26. The van der Waals surface area contributed by atoms with Crippen LogP contribution in [0.1, 0.15) is 12.8 Å². The molecule has 1 aliphatic rings. The minimum Gasteiger partial charge on any atom is -0.343 e. The van der Waals surface area contributed by atoms with Crippen LogP contribution < -0.4 is 16.0 Å². The van der Waals surface area contributed by atoms with Gasteiger partial charge in [-0.05, 0) is 43.0 Å². The summed E-state index contributed by atoms with van der Waals surface area (Å²) in [5, 5.41) is 2.68. The number of thioether (sulfide) groups is 1. The quantitative estimate of drug-likeness (QED) is 0.811. The van der Waals surface area contributed by atoms with Crippen LogP contribution in [-0.4, -0.2) is 42.5 Å². The van der Waals surface area contributed by atoms with Crippen LogP contribution in [0.25, 0.3) is 0 Å². The molecule has 126 valence electrons. The lowest BCUT2D eigenvalue weighted by atomic mass is 10.2. The molecule has 5 nitrogen and oxygen atoms in total. The van der Waals surface area contributed by atoms with Gasteiger partial charge in [0.25, 0.3) is 0 Å². The van der Waals surface area contributed by atoms with Gasteiger partial charge in [0.1, 0.15) is 11.9 Å². The van der Waals surface area contributed by atoms with Gasteiger partial charge in [-0.1, -0.05) is 11.6 Å². The number of amides is 2. The highest BCUT2D eigenvalue weighted by atomic mass is 35.5. The highest BCUT2D eigenvalue weighted by Crippen LogP contribution is 2.25. The number of carbonyl (C=O) groups is 2. The average molecular weight is 360 g/mol. The van der Waals surface area contributed by atoms with E-state index in [1.165, 1.54) is 17.0 Å². The first-order valence-electron chi connectivity index (χ1n) is 7.25. The van der Waals surface area contributed by atoms with Gasteiger partial charge in [0.05, 0.1) is 11.1 Å². The van der Waals surface area contributed by atoms with Crippen LogP contribution >= 0.6 is 23.4 Å². The molecule has 0 bridgehead atoms. The van der Waals surface area contributed by atoms with E-state index >= 15 is 0 Å². The first-order valence-corrected chi connectivity index (χ1v) is 9.02. The monoisotopic (exact) mass is 359 g/mol. The van der Waals surface area contributed by atoms with E-state index in [9.17, 15) is 14.0 Å². The van der Waals surface area contributed by atoms with Gasteiger partial charge >= 0.3 is 0 Å². The van der Waals surface area contributed by atoms with E-state index in [2.05, 4.69) is 5.32 Å². The maximum absolute atomic E-state index is 13.5. The largest absolute Gasteiger partial charge is 0.343 e. The first kappa shape index (κ1) is 18.0. The van der Waals surface area contributed by atoms with E-state index in [0.717, 1.165) is 5.75 Å². The predicted octanol–water partition coefficient (Wildman–Crippen LogP) is 1.78. The molecule has 8 heteroatoms. The summed E-state index contributed by atoms with van der Waals surface area (Å²) in [7, 11) is 0. The lowest BCUT2D eigenvalue weighted by Gasteiger charge is -2.18. The van der Waals surface area contributed by atoms with Gasteiger partial charge in [0.15, 0.2) is 0 Å². The van der Waals surface area contributed by atoms with Crippen LogP contribution in [0.15, 0.2) is 18.2 Å². The standard InChI is InChI=1S/C15H19ClFN3O2S/c1-23-7-5-12(18)14(21)19-13-4-6-20(15(13)22)9-2-3-10(16)11(17)8-9/h2-3,8,12-13H,4-7,18H2,1H3,(H,19,21). The van der Waals surface area contributed by atoms with Gasteiger partial charge in [-0.25, -0.2) is 4.39 Å². The van der Waals surface area contributed by atoms with Crippen LogP contribution in [-0.2, 0) is 9.59 Å². The van der Waals surface area contributed by atoms with Crippen molar-refractivity contribution in [1.82, 2.24) is 5.32 Å². The van der Waals surface area contributed by atoms with Crippen molar-refractivity contribution >= 4 is 40.9 Å². The molecule has 2 unspecified atom stereocenters. The van der Waals surface area contributed by atoms with Gasteiger partial charge in [0, 0.05) is 12.2 Å². The fourth-order valence-electron chi connectivity index (χ4n) is 2.38. The van der Waals surface area contributed by atoms with Crippen molar-refractivity contribution in [2.75, 3.05) is 23.5 Å². The number of carbonyl (C=O) groups excluding carboxylic acids is 2. The smallest absolute Gasteiger partial charge is 0.249 e. The van der Waals surface area contributed by atoms with Crippen molar-refractivity contribution < 1.29 is 14.0 Å². The van der Waals surface area contributed by atoms with Crippen LogP contribution in [0.2, 0.25) is 5.02 Å². The van der Waals surface area contributed by atoms with E-state index in [-0.39, 0.29) is 16.8 Å². The maximum atomic E-state index is 13.5. The normalized spacial score (nSPS) is 19.0. The molecule has 1 aromatic carbocycles. The minimum atomic E-state index is -0.628. The number of halogens is 2. The molecule has 3 N–H and O–H groups in total. The fraction of sp³-hybridized carbons (Fsp3) is 0.467. The Balaban J connectivity index is 1.98. The third-order valence-corrected chi connectivity index (χ3v) is 4.66. The molecule has 2 rings (SSSR count). The third kappa shape index (κ3) is 4.37. The second-order valence-electron chi connectivity index (χ2n) is 5.33. The summed E-state index contributed by atoms with van der Waals surface area (Å²) in [5.74, 6) is -0.397. The molecule has 0 radical (unpaired) electrons. The second-order valence-corrected chi connectivity index (χ2v) is 6.72. The van der Waals surface area contributed by atoms with E-state index in [0.29, 0.717) is 25.1 Å². The van der Waals surface area contributed by atoms with Crippen molar-refractivity contribution in [1.29, 1.82) is 0 Å². The van der Waals surface area contributed by atoms with Crippen molar-refractivity contribution in [2.45, 2.75) is 24.9 Å². The highest BCUT2D eigenvalue weighted by Gasteiger charge is 2.34. The van der Waals surface area contributed by atoms with Gasteiger partial charge in [-0.15, -0.1) is 0 Å². The number of nitrogens with zero attached hydrogens (tertiary/aromatic N) is 1. The van der Waals surface area contributed by atoms with Crippen molar-refractivity contribution in [3.63, 3.8) is 0 Å². The maximum Gasteiger partial charge on any atom is 0.249 e. The first-order chi connectivity index (χ1) is 10.9. The average Bonchev–Trinajstić information content (AvgIpc) is 2.88. The molecule has 1 heterocycles. The summed E-state index contributed by atoms with van der Waals surface area (Å²) in [4.78, 5) is 25.8. The Bertz CT molecular complexity index is 602. The fourth-order valence-corrected chi connectivity index (χ4v) is 2.99. The molecule has 2 amide bonds. The Morgan fingerprint density at radius 3 is 3.00 bits per heavy atom. The summed E-state index contributed by atoms with van der Waals surface area (Å²) in [6, 6.07) is 2.95. The predicted molar refractivity (Wildman–Crippen MR) is 91.3 cm³/mol. The second kappa shape index (κ2) is 7.99. The molecule has 2 atom stereocenters. The van der Waals surface area contributed by atoms with Crippen LogP contribution in [0.3, 0.4) is 0 Å². The molecule has 1 fully saturated rings. The number of rotatable bonds is 6. The molecule has 1 aliphatic heterocycles. The van der Waals surface area contributed by atoms with E-state index in [1.54, 1.807) is 17.8 Å². The molecule has 1 saturated heterocycles. The number of hydrogen-bond acceptors (Lipinski definition) is 4. The zero-order valence-electron chi connectivity index (χ0n) is 12.7. The van der Waals surface area contributed by atoms with Gasteiger partial charge in [-0.3, -0.25) is 9.59 Å². The van der Waals surface area contributed by atoms with Crippen LogP contribution in [0, 0.1) is 5.82 Å². The van der Waals surface area contributed by atoms with Crippen molar-refractivity contribution in [3.8, 4) is 0 Å². The molecular formula is C15H19ClFN3O2S. The lowest BCUT2D eigenvalue weighted by molar-refractivity contribution is -0.127. The third-order valence-electron chi connectivity index (χ3n) is 3.71. The summed E-state index contributed by atoms with van der Waals surface area (Å²) in [5.41, 5.74) is 6.23. The molecule has 0 aromatic heterocycles. The van der Waals surface area contributed by atoms with E-state index < -0.39 is 17.9 Å². The molecule has 0 spiro atoms. The minimum absolute atomic E-state index is 0.00464. The van der Waals surface area contributed by atoms with Gasteiger partial charge in [0.2, 0.25) is 11.8 Å². The van der Waals surface area contributed by atoms with E-state index in [1.807, 2.05) is 6.26 Å². The Morgan fingerprint density at radius 1 is 1.61 bits per heavy atom. The Morgan fingerprint density at radius 2 is 2.35 bits per heavy atom. The van der Waals surface area contributed by atoms with Gasteiger partial charge < -0.3 is 16.0 Å². The van der Waals surface area contributed by atoms with Crippen molar-refractivity contribution in [3.05, 3.63) is 29.0 Å². The summed E-state index contributed by atoms with van der Waals surface area (Å²) in [6.45, 7) is 0.408. The number of nitrogens with two attached hydrogens (primary N) is 1.